The van der Waals surface area contributed by atoms with E-state index in [-0.39, 0.29) is 11.5 Å². The Kier molecular flexibility index (Phi) is 6.98. The van der Waals surface area contributed by atoms with Gasteiger partial charge in [0.1, 0.15) is 5.82 Å². The molecule has 2 heterocycles. The lowest BCUT2D eigenvalue weighted by molar-refractivity contribution is -0.261. The molecule has 6 heteroatoms. The van der Waals surface area contributed by atoms with Crippen LogP contribution in [0.15, 0.2) is 60.7 Å². The summed E-state index contributed by atoms with van der Waals surface area (Å²) in [6.45, 7) is 13.5. The fourth-order valence-corrected chi connectivity index (χ4v) is 4.06. The van der Waals surface area contributed by atoms with Crippen LogP contribution in [-0.4, -0.2) is 40.3 Å². The second kappa shape index (κ2) is 9.75. The predicted octanol–water partition coefficient (Wildman–Crippen LogP) is 5.07. The third-order valence-corrected chi connectivity index (χ3v) is 5.98. The number of hydrogen-bond donors (Lipinski definition) is 1. The van der Waals surface area contributed by atoms with Crippen molar-refractivity contribution in [2.75, 3.05) is 19.8 Å². The fourth-order valence-electron chi connectivity index (χ4n) is 4.06. The molecule has 1 N–H and O–H groups in total. The number of hydrogen-bond acceptors (Lipinski definition) is 5. The minimum absolute atomic E-state index is 0.0149. The van der Waals surface area contributed by atoms with E-state index >= 15 is 0 Å². The molecule has 1 saturated heterocycles. The molecule has 0 amide bonds. The van der Waals surface area contributed by atoms with E-state index < -0.39 is 5.79 Å². The van der Waals surface area contributed by atoms with Crippen molar-refractivity contribution in [2.24, 2.45) is 11.3 Å². The summed E-state index contributed by atoms with van der Waals surface area (Å²) in [5.41, 5.74) is 2.16. The maximum Gasteiger partial charge on any atom is 0.181 e. The van der Waals surface area contributed by atoms with Gasteiger partial charge in [0.25, 0.3) is 0 Å². The van der Waals surface area contributed by atoms with E-state index in [1.165, 1.54) is 5.56 Å². The van der Waals surface area contributed by atoms with E-state index in [1.807, 2.05) is 38.1 Å². The summed E-state index contributed by atoms with van der Waals surface area (Å²) < 4.78 is 13.8. The molecule has 0 spiro atoms. The molecule has 0 aliphatic carbocycles. The Morgan fingerprint density at radius 1 is 1.00 bits per heavy atom. The van der Waals surface area contributed by atoms with Crippen molar-refractivity contribution in [2.45, 2.75) is 53.0 Å². The Morgan fingerprint density at radius 3 is 2.21 bits per heavy atom. The van der Waals surface area contributed by atoms with Gasteiger partial charge in [-0.3, -0.25) is 0 Å². The van der Waals surface area contributed by atoms with Crippen molar-refractivity contribution in [1.29, 1.82) is 0 Å². The van der Waals surface area contributed by atoms with Crippen LogP contribution in [0.5, 0.6) is 0 Å². The van der Waals surface area contributed by atoms with Crippen molar-refractivity contribution in [3.05, 3.63) is 72.1 Å². The third kappa shape index (κ3) is 6.08. The lowest BCUT2D eigenvalue weighted by atomic mass is 9.85. The second-order valence-corrected chi connectivity index (χ2v) is 10.4. The van der Waals surface area contributed by atoms with Gasteiger partial charge in [0.15, 0.2) is 11.6 Å². The summed E-state index contributed by atoms with van der Waals surface area (Å²) in [7, 11) is 0. The third-order valence-electron chi connectivity index (χ3n) is 5.98. The van der Waals surface area contributed by atoms with Crippen molar-refractivity contribution >= 4 is 0 Å². The van der Waals surface area contributed by atoms with Gasteiger partial charge in [-0.2, -0.15) is 5.10 Å². The number of rotatable bonds is 7. The standard InChI is InChI=1S/C27H36N4O2/c1-26(2,3)23(28-16-21-18-32-27(4,5)33-19-21)25-29-24(22-14-10-7-11-15-22)30-31(25)17-20-12-8-6-9-13-20/h6-15,21,23,28H,16-19H2,1-5H3/t23-/m0/s1. The van der Waals surface area contributed by atoms with Crippen molar-refractivity contribution in [3.8, 4) is 11.4 Å². The zero-order valence-electron chi connectivity index (χ0n) is 20.4. The first-order valence-electron chi connectivity index (χ1n) is 11.8. The lowest BCUT2D eigenvalue weighted by Gasteiger charge is -2.37. The Labute approximate surface area is 197 Å². The maximum atomic E-state index is 5.87. The Balaban J connectivity index is 1.62. The first-order valence-corrected chi connectivity index (χ1v) is 11.8. The van der Waals surface area contributed by atoms with Gasteiger partial charge in [0.2, 0.25) is 0 Å². The molecule has 33 heavy (non-hydrogen) atoms. The summed E-state index contributed by atoms with van der Waals surface area (Å²) in [5, 5.41) is 8.72. The highest BCUT2D eigenvalue weighted by atomic mass is 16.7. The highest BCUT2D eigenvalue weighted by Gasteiger charge is 2.34. The number of nitrogens with one attached hydrogen (secondary N) is 1. The molecular formula is C27H36N4O2. The van der Waals surface area contributed by atoms with Gasteiger partial charge in [-0.15, -0.1) is 0 Å². The molecule has 0 bridgehead atoms. The molecule has 0 saturated carbocycles. The number of aromatic nitrogens is 3. The molecule has 1 fully saturated rings. The normalized spacial score (nSPS) is 17.7. The van der Waals surface area contributed by atoms with E-state index in [0.29, 0.717) is 25.7 Å². The van der Waals surface area contributed by atoms with E-state index in [1.54, 1.807) is 0 Å². The van der Waals surface area contributed by atoms with Crippen LogP contribution in [0.4, 0.5) is 0 Å². The van der Waals surface area contributed by atoms with Crippen LogP contribution in [0.25, 0.3) is 11.4 Å². The SMILES string of the molecule is CC1(C)OCC(CN[C@@H](c2nc(-c3ccccc3)nn2Cc2ccccc2)C(C)(C)C)CO1. The molecule has 0 radical (unpaired) electrons. The quantitative estimate of drug-likeness (QED) is 0.547. The van der Waals surface area contributed by atoms with Crippen LogP contribution in [0.1, 0.15) is 52.0 Å². The van der Waals surface area contributed by atoms with Crippen LogP contribution in [0.3, 0.4) is 0 Å². The molecule has 2 aromatic carbocycles. The fraction of sp³-hybridized carbons (Fsp3) is 0.481. The van der Waals surface area contributed by atoms with Crippen LogP contribution >= 0.6 is 0 Å². The number of ether oxygens (including phenoxy) is 2. The summed E-state index contributed by atoms with van der Waals surface area (Å²) in [6, 6.07) is 20.6. The number of benzene rings is 2. The Hall–Kier alpha value is -2.54. The average molecular weight is 449 g/mol. The summed E-state index contributed by atoms with van der Waals surface area (Å²) in [4.78, 5) is 5.06. The monoisotopic (exact) mass is 448 g/mol. The molecule has 6 nitrogen and oxygen atoms in total. The molecule has 1 aliphatic heterocycles. The molecule has 1 atom stereocenters. The Bertz CT molecular complexity index is 1020. The lowest BCUT2D eigenvalue weighted by Crippen LogP contribution is -2.45. The van der Waals surface area contributed by atoms with Gasteiger partial charge in [-0.25, -0.2) is 9.67 Å². The van der Waals surface area contributed by atoms with Crippen LogP contribution in [-0.2, 0) is 16.0 Å². The first-order chi connectivity index (χ1) is 15.7. The molecule has 4 rings (SSSR count). The number of nitrogens with zero attached hydrogens (tertiary/aromatic N) is 3. The average Bonchev–Trinajstić information content (AvgIpc) is 3.18. The highest BCUT2D eigenvalue weighted by molar-refractivity contribution is 5.54. The second-order valence-electron chi connectivity index (χ2n) is 10.4. The first kappa shape index (κ1) is 23.6. The van der Waals surface area contributed by atoms with Gasteiger partial charge in [0, 0.05) is 18.0 Å². The zero-order chi connectivity index (χ0) is 23.5. The van der Waals surface area contributed by atoms with Crippen LogP contribution in [0, 0.1) is 11.3 Å². The van der Waals surface area contributed by atoms with E-state index in [0.717, 1.165) is 23.8 Å². The molecule has 176 valence electrons. The smallest absolute Gasteiger partial charge is 0.181 e. The summed E-state index contributed by atoms with van der Waals surface area (Å²) in [6.07, 6.45) is 0. The van der Waals surface area contributed by atoms with Crippen molar-refractivity contribution < 1.29 is 9.47 Å². The van der Waals surface area contributed by atoms with Gasteiger partial charge in [-0.1, -0.05) is 81.4 Å². The van der Waals surface area contributed by atoms with Gasteiger partial charge >= 0.3 is 0 Å². The van der Waals surface area contributed by atoms with E-state index in [2.05, 4.69) is 67.2 Å². The predicted molar refractivity (Wildman–Crippen MR) is 131 cm³/mol. The van der Waals surface area contributed by atoms with E-state index in [4.69, 9.17) is 19.6 Å². The molecule has 0 unspecified atom stereocenters. The highest BCUT2D eigenvalue weighted by Crippen LogP contribution is 2.34. The Morgan fingerprint density at radius 2 is 1.61 bits per heavy atom. The van der Waals surface area contributed by atoms with E-state index in [9.17, 15) is 0 Å². The topological polar surface area (TPSA) is 61.2 Å². The zero-order valence-corrected chi connectivity index (χ0v) is 20.4. The van der Waals surface area contributed by atoms with Gasteiger partial charge in [-0.05, 0) is 24.8 Å². The minimum Gasteiger partial charge on any atom is -0.350 e. The van der Waals surface area contributed by atoms with Gasteiger partial charge in [0.05, 0.1) is 25.8 Å². The maximum absolute atomic E-state index is 5.87. The largest absolute Gasteiger partial charge is 0.350 e. The molecular weight excluding hydrogens is 412 g/mol. The molecule has 1 aromatic heterocycles. The van der Waals surface area contributed by atoms with Gasteiger partial charge < -0.3 is 14.8 Å². The molecule has 1 aliphatic rings. The van der Waals surface area contributed by atoms with Crippen molar-refractivity contribution in [3.63, 3.8) is 0 Å². The summed E-state index contributed by atoms with van der Waals surface area (Å²) in [5.74, 6) is 1.49. The van der Waals surface area contributed by atoms with Crippen LogP contribution < -0.4 is 5.32 Å². The summed E-state index contributed by atoms with van der Waals surface area (Å²) >= 11 is 0. The van der Waals surface area contributed by atoms with Crippen molar-refractivity contribution in [1.82, 2.24) is 20.1 Å². The van der Waals surface area contributed by atoms with Crippen LogP contribution in [0.2, 0.25) is 0 Å². The molecule has 3 aromatic rings. The minimum atomic E-state index is -0.500.